The van der Waals surface area contributed by atoms with Crippen molar-refractivity contribution in [1.29, 1.82) is 5.26 Å². The average Bonchev–Trinajstić information content (AvgIpc) is 3.20. The third kappa shape index (κ3) is 4.58. The predicted octanol–water partition coefficient (Wildman–Crippen LogP) is 4.90. The van der Waals surface area contributed by atoms with Crippen LogP contribution >= 0.6 is 11.6 Å². The Morgan fingerprint density at radius 3 is 2.66 bits per heavy atom. The lowest BCUT2D eigenvalue weighted by Gasteiger charge is -2.35. The maximum Gasteiger partial charge on any atom is 0.232 e. The molecule has 0 unspecified atom stereocenters. The van der Waals surface area contributed by atoms with Crippen LogP contribution in [0.25, 0.3) is 11.5 Å². The van der Waals surface area contributed by atoms with Crippen molar-refractivity contribution in [3.63, 3.8) is 0 Å². The first kappa shape index (κ1) is 19.4. The second-order valence-corrected chi connectivity index (χ2v) is 7.53. The highest BCUT2D eigenvalue weighted by Crippen LogP contribution is 2.29. The molecule has 148 valence electrons. The summed E-state index contributed by atoms with van der Waals surface area (Å²) in [6, 6.07) is 13.9. The zero-order valence-electron chi connectivity index (χ0n) is 16.0. The third-order valence-electron chi connectivity index (χ3n) is 5.18. The Kier molecular flexibility index (Phi) is 6.09. The topological polar surface area (TPSA) is 78.0 Å². The molecule has 1 aliphatic rings. The zero-order chi connectivity index (χ0) is 20.1. The van der Waals surface area contributed by atoms with Crippen molar-refractivity contribution in [2.45, 2.75) is 25.3 Å². The maximum atomic E-state index is 9.49. The number of hydrogen-bond acceptors (Lipinski definition) is 6. The number of likely N-dealkylation sites (tertiary alicyclic amines) is 1. The molecular formula is C22H22ClN5O. The number of nitriles is 1. The molecule has 1 aromatic carbocycles. The molecule has 1 saturated heterocycles. The van der Waals surface area contributed by atoms with E-state index in [2.05, 4.69) is 38.4 Å². The molecule has 0 amide bonds. The number of piperidine rings is 1. The summed E-state index contributed by atoms with van der Waals surface area (Å²) in [6.07, 6.45) is 7.02. The molecule has 0 saturated carbocycles. The van der Waals surface area contributed by atoms with Crippen molar-refractivity contribution in [3.05, 3.63) is 65.1 Å². The molecule has 1 N–H and O–H groups in total. The number of rotatable bonds is 6. The first-order valence-corrected chi connectivity index (χ1v) is 10.2. The molecule has 6 nitrogen and oxygen atoms in total. The van der Waals surface area contributed by atoms with Crippen LogP contribution in [0.2, 0.25) is 5.02 Å². The van der Waals surface area contributed by atoms with Crippen molar-refractivity contribution >= 4 is 17.5 Å². The number of hydrogen-bond donors (Lipinski definition) is 1. The summed E-state index contributed by atoms with van der Waals surface area (Å²) in [5.41, 5.74) is 2.17. The van der Waals surface area contributed by atoms with Gasteiger partial charge in [-0.1, -0.05) is 30.2 Å². The Morgan fingerprint density at radius 2 is 1.97 bits per heavy atom. The Labute approximate surface area is 175 Å². The van der Waals surface area contributed by atoms with Crippen molar-refractivity contribution in [1.82, 2.24) is 14.9 Å². The van der Waals surface area contributed by atoms with Crippen molar-refractivity contribution in [3.8, 4) is 17.5 Å². The molecule has 0 aliphatic carbocycles. The van der Waals surface area contributed by atoms with Crippen LogP contribution in [-0.2, 0) is 0 Å². The van der Waals surface area contributed by atoms with E-state index in [9.17, 15) is 5.26 Å². The molecule has 1 fully saturated rings. The molecule has 0 spiro atoms. The van der Waals surface area contributed by atoms with Crippen LogP contribution in [0.15, 0.2) is 53.2 Å². The van der Waals surface area contributed by atoms with Gasteiger partial charge in [-0.25, -0.2) is 0 Å². The summed E-state index contributed by atoms with van der Waals surface area (Å²) in [4.78, 5) is 10.9. The second kappa shape index (κ2) is 9.08. The maximum absolute atomic E-state index is 9.49. The Hall–Kier alpha value is -2.88. The van der Waals surface area contributed by atoms with Crippen LogP contribution < -0.4 is 5.32 Å². The monoisotopic (exact) mass is 407 g/mol. The number of aromatic nitrogens is 2. The molecule has 7 heteroatoms. The molecule has 2 aromatic heterocycles. The van der Waals surface area contributed by atoms with Crippen LogP contribution in [0.1, 0.15) is 36.6 Å². The van der Waals surface area contributed by atoms with E-state index in [1.54, 1.807) is 12.4 Å². The summed E-state index contributed by atoms with van der Waals surface area (Å²) in [5.74, 6) is 0.778. The van der Waals surface area contributed by atoms with Gasteiger partial charge in [0.1, 0.15) is 6.07 Å². The molecule has 1 atom stereocenters. The van der Waals surface area contributed by atoms with Gasteiger partial charge in [-0.2, -0.15) is 10.2 Å². The fraction of sp³-hybridized carbons (Fsp3) is 0.318. The van der Waals surface area contributed by atoms with E-state index in [1.807, 2.05) is 24.3 Å². The first-order valence-electron chi connectivity index (χ1n) is 9.79. The second-order valence-electron chi connectivity index (χ2n) is 7.10. The standard InChI is InChI=1S/C22H22ClN5O/c23-18-8-6-16(7-9-18)20(28-11-2-1-3-12-28)15-26-22-19(13-24)27-21(29-22)17-5-4-10-25-14-17/h4-10,14,20,26H,1-3,11-12,15H2/t20-/m1/s1. The number of oxazole rings is 1. The van der Waals surface area contributed by atoms with Gasteiger partial charge in [0.05, 0.1) is 11.6 Å². The number of halogens is 1. The Balaban J connectivity index is 1.56. The number of anilines is 1. The molecule has 3 heterocycles. The summed E-state index contributed by atoms with van der Waals surface area (Å²) < 4.78 is 5.86. The summed E-state index contributed by atoms with van der Waals surface area (Å²) >= 11 is 6.08. The minimum absolute atomic E-state index is 0.158. The summed E-state index contributed by atoms with van der Waals surface area (Å²) in [6.45, 7) is 2.72. The van der Waals surface area contributed by atoms with E-state index < -0.39 is 0 Å². The summed E-state index contributed by atoms with van der Waals surface area (Å²) in [5, 5.41) is 13.5. The number of nitrogens with one attached hydrogen (secondary N) is 1. The molecule has 29 heavy (non-hydrogen) atoms. The molecule has 0 bridgehead atoms. The number of benzene rings is 1. The summed E-state index contributed by atoms with van der Waals surface area (Å²) in [7, 11) is 0. The fourth-order valence-electron chi connectivity index (χ4n) is 3.69. The van der Waals surface area contributed by atoms with E-state index in [-0.39, 0.29) is 11.7 Å². The van der Waals surface area contributed by atoms with Crippen LogP contribution in [0.5, 0.6) is 0 Å². The van der Waals surface area contributed by atoms with Crippen LogP contribution in [0, 0.1) is 11.3 Å². The largest absolute Gasteiger partial charge is 0.419 e. The van der Waals surface area contributed by atoms with E-state index in [4.69, 9.17) is 16.0 Å². The molecule has 4 rings (SSSR count). The smallest absolute Gasteiger partial charge is 0.232 e. The van der Waals surface area contributed by atoms with E-state index in [0.717, 1.165) is 23.7 Å². The highest BCUT2D eigenvalue weighted by atomic mass is 35.5. The lowest BCUT2D eigenvalue weighted by atomic mass is 10.0. The van der Waals surface area contributed by atoms with E-state index in [0.29, 0.717) is 18.3 Å². The predicted molar refractivity (Wildman–Crippen MR) is 113 cm³/mol. The zero-order valence-corrected chi connectivity index (χ0v) is 16.8. The van der Waals surface area contributed by atoms with Crippen LogP contribution in [0.3, 0.4) is 0 Å². The molecule has 0 radical (unpaired) electrons. The highest BCUT2D eigenvalue weighted by molar-refractivity contribution is 6.30. The quantitative estimate of drug-likeness (QED) is 0.626. The van der Waals surface area contributed by atoms with Gasteiger partial charge in [-0.05, 0) is 55.8 Å². The van der Waals surface area contributed by atoms with Crippen LogP contribution in [0.4, 0.5) is 5.88 Å². The first-order chi connectivity index (χ1) is 14.2. The molecule has 3 aromatic rings. The molecule has 1 aliphatic heterocycles. The molecular weight excluding hydrogens is 386 g/mol. The lowest BCUT2D eigenvalue weighted by Crippen LogP contribution is -2.37. The minimum atomic E-state index is 0.158. The van der Waals surface area contributed by atoms with Crippen molar-refractivity contribution < 1.29 is 4.42 Å². The van der Waals surface area contributed by atoms with Gasteiger partial charge in [-0.15, -0.1) is 0 Å². The Bertz CT molecular complexity index is 975. The van der Waals surface area contributed by atoms with Gasteiger partial charge in [0.15, 0.2) is 0 Å². The van der Waals surface area contributed by atoms with Gasteiger partial charge in [0, 0.05) is 24.0 Å². The normalized spacial score (nSPS) is 15.6. The van der Waals surface area contributed by atoms with E-state index in [1.165, 1.54) is 24.8 Å². The number of pyridine rings is 1. The number of nitrogens with zero attached hydrogens (tertiary/aromatic N) is 4. The highest BCUT2D eigenvalue weighted by Gasteiger charge is 2.24. The fourth-order valence-corrected chi connectivity index (χ4v) is 3.82. The van der Waals surface area contributed by atoms with Crippen molar-refractivity contribution in [2.24, 2.45) is 0 Å². The average molecular weight is 408 g/mol. The lowest BCUT2D eigenvalue weighted by molar-refractivity contribution is 0.170. The van der Waals surface area contributed by atoms with Crippen molar-refractivity contribution in [2.75, 3.05) is 25.0 Å². The SMILES string of the molecule is N#Cc1nc(-c2cccnc2)oc1NC[C@H](c1ccc(Cl)cc1)N1CCCCC1. The Morgan fingerprint density at radius 1 is 1.17 bits per heavy atom. The minimum Gasteiger partial charge on any atom is -0.419 e. The third-order valence-corrected chi connectivity index (χ3v) is 5.44. The van der Waals surface area contributed by atoms with Gasteiger partial charge in [0.25, 0.3) is 0 Å². The van der Waals surface area contributed by atoms with Gasteiger partial charge in [0.2, 0.25) is 17.5 Å². The van der Waals surface area contributed by atoms with Crippen LogP contribution in [-0.4, -0.2) is 34.5 Å². The van der Waals surface area contributed by atoms with Gasteiger partial charge in [-0.3, -0.25) is 9.88 Å². The van der Waals surface area contributed by atoms with E-state index >= 15 is 0 Å². The van der Waals surface area contributed by atoms with Gasteiger partial charge >= 0.3 is 0 Å². The van der Waals surface area contributed by atoms with Gasteiger partial charge < -0.3 is 9.73 Å².